The largest absolute Gasteiger partial charge is 0.618 e. The number of fused-ring (bicyclic) bond motifs is 1. The number of piperazine rings is 1. The Bertz CT molecular complexity index is 1740. The minimum Gasteiger partial charge on any atom is -0.618 e. The van der Waals surface area contributed by atoms with Gasteiger partial charge in [0.15, 0.2) is 6.20 Å². The first-order valence-electron chi connectivity index (χ1n) is 13.1. The van der Waals surface area contributed by atoms with E-state index in [0.29, 0.717) is 31.9 Å². The van der Waals surface area contributed by atoms with Crippen molar-refractivity contribution in [2.45, 2.75) is 23.9 Å². The molecule has 0 radical (unpaired) electrons. The van der Waals surface area contributed by atoms with Gasteiger partial charge in [0, 0.05) is 72.5 Å². The molecule has 0 bridgehead atoms. The normalized spacial score (nSPS) is 18.0. The highest BCUT2D eigenvalue weighted by molar-refractivity contribution is 7.89. The Morgan fingerprint density at radius 3 is 2.63 bits per heavy atom. The molecule has 6 rings (SSSR count). The molecular formula is C27H26ClN7O5S. The van der Waals surface area contributed by atoms with Crippen LogP contribution in [0.5, 0.6) is 0 Å². The number of benzene rings is 1. The number of pyridine rings is 1. The molecule has 4 heterocycles. The lowest BCUT2D eigenvalue weighted by atomic mass is 10.1. The smallest absolute Gasteiger partial charge is 0.292 e. The fourth-order valence-corrected chi connectivity index (χ4v) is 6.57. The zero-order valence-electron chi connectivity index (χ0n) is 21.7. The van der Waals surface area contributed by atoms with Crippen LogP contribution in [0.3, 0.4) is 0 Å². The molecule has 1 aromatic carbocycles. The van der Waals surface area contributed by atoms with Gasteiger partial charge in [-0.05, 0) is 43.2 Å². The number of sulfonamides is 1. The first-order valence-corrected chi connectivity index (χ1v) is 14.9. The summed E-state index contributed by atoms with van der Waals surface area (Å²) < 4.78 is 29.2. The first-order chi connectivity index (χ1) is 19.7. The van der Waals surface area contributed by atoms with E-state index in [1.165, 1.54) is 33.9 Å². The Labute approximate surface area is 240 Å². The molecule has 2 aliphatic rings. The number of aromatic nitrogens is 4. The van der Waals surface area contributed by atoms with Gasteiger partial charge in [-0.1, -0.05) is 11.6 Å². The van der Waals surface area contributed by atoms with E-state index in [2.05, 4.69) is 20.3 Å². The zero-order chi connectivity index (χ0) is 28.7. The van der Waals surface area contributed by atoms with Gasteiger partial charge in [-0.15, -0.1) is 0 Å². The molecule has 14 heteroatoms. The van der Waals surface area contributed by atoms with Gasteiger partial charge < -0.3 is 20.4 Å². The van der Waals surface area contributed by atoms with Crippen molar-refractivity contribution >= 4 is 44.3 Å². The summed E-state index contributed by atoms with van der Waals surface area (Å²) in [7, 11) is -3.95. The summed E-state index contributed by atoms with van der Waals surface area (Å²) in [6, 6.07) is 10.9. The van der Waals surface area contributed by atoms with E-state index in [0.717, 1.165) is 12.8 Å². The number of hydrogen-bond acceptors (Lipinski definition) is 7. The summed E-state index contributed by atoms with van der Waals surface area (Å²) in [4.78, 5) is 38.8. The Balaban J connectivity index is 1.24. The molecule has 4 aromatic rings. The number of hydrogen-bond donors (Lipinski definition) is 2. The summed E-state index contributed by atoms with van der Waals surface area (Å²) in [5, 5.41) is 16.1. The van der Waals surface area contributed by atoms with Gasteiger partial charge >= 0.3 is 0 Å². The molecule has 212 valence electrons. The number of aromatic amines is 1. The fourth-order valence-electron chi connectivity index (χ4n) is 4.90. The number of carbonyl (C=O) groups excluding carboxylic acids is 2. The van der Waals surface area contributed by atoms with E-state index in [4.69, 9.17) is 11.6 Å². The molecule has 12 nitrogen and oxygen atoms in total. The van der Waals surface area contributed by atoms with Gasteiger partial charge in [-0.3, -0.25) is 9.59 Å². The highest BCUT2D eigenvalue weighted by atomic mass is 35.5. The molecule has 3 aromatic heterocycles. The van der Waals surface area contributed by atoms with Gasteiger partial charge in [-0.2, -0.15) is 9.04 Å². The molecule has 2 N–H and O–H groups in total. The van der Waals surface area contributed by atoms with Crippen LogP contribution in [0.15, 0.2) is 66.1 Å². The van der Waals surface area contributed by atoms with Crippen LogP contribution >= 0.6 is 11.6 Å². The molecule has 2 fully saturated rings. The van der Waals surface area contributed by atoms with E-state index in [1.54, 1.807) is 36.4 Å². The lowest BCUT2D eigenvalue weighted by Gasteiger charge is -2.40. The summed E-state index contributed by atoms with van der Waals surface area (Å²) in [5.41, 5.74) is 1.42. The van der Waals surface area contributed by atoms with Gasteiger partial charge in [0.2, 0.25) is 17.4 Å². The third kappa shape index (κ3) is 5.47. The molecule has 0 spiro atoms. The van der Waals surface area contributed by atoms with Crippen molar-refractivity contribution in [3.8, 4) is 11.3 Å². The third-order valence-electron chi connectivity index (χ3n) is 7.31. The number of nitrogens with one attached hydrogen (secondary N) is 2. The van der Waals surface area contributed by atoms with Crippen LogP contribution in [0.25, 0.3) is 22.2 Å². The summed E-state index contributed by atoms with van der Waals surface area (Å²) in [6.07, 6.45) is 5.78. The maximum absolute atomic E-state index is 13.6. The molecule has 1 aliphatic heterocycles. The SMILES string of the molecule is O=C(NCC1CN(S(=O)(=O)c2cc3cc(Cl)ccc3[nH]2)CCN1C(=O)c1ncc(-c2cccc[n+]2[O-])cn1)C1CC1. The van der Waals surface area contributed by atoms with Crippen molar-refractivity contribution in [3.05, 3.63) is 77.1 Å². The first kappa shape index (κ1) is 27.1. The lowest BCUT2D eigenvalue weighted by Crippen LogP contribution is -2.60. The van der Waals surface area contributed by atoms with Gasteiger partial charge in [0.05, 0.1) is 11.6 Å². The van der Waals surface area contributed by atoms with Crippen LogP contribution < -0.4 is 10.0 Å². The lowest BCUT2D eigenvalue weighted by molar-refractivity contribution is -0.593. The van der Waals surface area contributed by atoms with E-state index in [9.17, 15) is 23.2 Å². The average molecular weight is 596 g/mol. The van der Waals surface area contributed by atoms with Gasteiger partial charge in [-0.25, -0.2) is 18.4 Å². The molecule has 2 amide bonds. The van der Waals surface area contributed by atoms with Crippen molar-refractivity contribution in [1.29, 1.82) is 0 Å². The van der Waals surface area contributed by atoms with Crippen molar-refractivity contribution in [2.24, 2.45) is 5.92 Å². The molecule has 1 unspecified atom stereocenters. The maximum Gasteiger partial charge on any atom is 0.292 e. The molecule has 1 saturated carbocycles. The second kappa shape index (κ2) is 10.7. The Kier molecular flexibility index (Phi) is 7.09. The fraction of sp³-hybridized carbons (Fsp3) is 0.296. The van der Waals surface area contributed by atoms with Gasteiger partial charge in [0.25, 0.3) is 15.9 Å². The van der Waals surface area contributed by atoms with E-state index in [1.807, 2.05) is 0 Å². The van der Waals surface area contributed by atoms with Gasteiger partial charge in [0.1, 0.15) is 5.03 Å². The molecule has 1 saturated heterocycles. The Morgan fingerprint density at radius 2 is 1.90 bits per heavy atom. The van der Waals surface area contributed by atoms with Crippen molar-refractivity contribution in [2.75, 3.05) is 26.2 Å². The topological polar surface area (TPSA) is 155 Å². The molecule has 1 atom stereocenters. The van der Waals surface area contributed by atoms with E-state index >= 15 is 0 Å². The predicted octanol–water partition coefficient (Wildman–Crippen LogP) is 1.95. The average Bonchev–Trinajstić information content (AvgIpc) is 3.74. The molecular weight excluding hydrogens is 570 g/mol. The quantitative estimate of drug-likeness (QED) is 0.244. The van der Waals surface area contributed by atoms with Crippen LogP contribution in [-0.4, -0.2) is 76.6 Å². The van der Waals surface area contributed by atoms with Crippen LogP contribution in [0.2, 0.25) is 5.02 Å². The molecule has 41 heavy (non-hydrogen) atoms. The zero-order valence-corrected chi connectivity index (χ0v) is 23.3. The number of amides is 2. The van der Waals surface area contributed by atoms with Crippen molar-refractivity contribution in [3.63, 3.8) is 0 Å². The maximum atomic E-state index is 13.6. The minimum atomic E-state index is -3.95. The number of H-pyrrole nitrogens is 1. The summed E-state index contributed by atoms with van der Waals surface area (Å²) in [5.74, 6) is -0.746. The predicted molar refractivity (Wildman–Crippen MR) is 149 cm³/mol. The highest BCUT2D eigenvalue weighted by Crippen LogP contribution is 2.29. The number of halogens is 1. The Morgan fingerprint density at radius 1 is 1.12 bits per heavy atom. The highest BCUT2D eigenvalue weighted by Gasteiger charge is 2.39. The van der Waals surface area contributed by atoms with E-state index in [-0.39, 0.29) is 48.9 Å². The molecule has 1 aliphatic carbocycles. The van der Waals surface area contributed by atoms with Crippen molar-refractivity contribution in [1.82, 2.24) is 29.5 Å². The standard InChI is InChI=1S/C27H26ClN7O5S/c28-20-6-7-22-18(11-20)12-24(32-22)41(39,40)33-9-10-34(21(16-33)15-31-26(36)17-4-5-17)27(37)25-29-13-19(14-30-25)23-3-1-2-8-35(23)38/h1-3,6-8,11-14,17,21,32H,4-5,9-10,15-16H2,(H,31,36). The van der Waals surface area contributed by atoms with Crippen molar-refractivity contribution < 1.29 is 22.7 Å². The number of nitrogens with zero attached hydrogens (tertiary/aromatic N) is 5. The third-order valence-corrected chi connectivity index (χ3v) is 9.33. The number of carbonyl (C=O) groups is 2. The monoisotopic (exact) mass is 595 g/mol. The minimum absolute atomic E-state index is 0.0192. The van der Waals surface area contributed by atoms with Crippen LogP contribution in [-0.2, 0) is 14.8 Å². The van der Waals surface area contributed by atoms with Crippen LogP contribution in [0.4, 0.5) is 0 Å². The summed E-state index contributed by atoms with van der Waals surface area (Å²) >= 11 is 6.07. The second-order valence-corrected chi connectivity index (χ2v) is 12.4. The second-order valence-electron chi connectivity index (χ2n) is 10.1. The number of rotatable bonds is 7. The Hall–Kier alpha value is -4.07. The van der Waals surface area contributed by atoms with Crippen LogP contribution in [0.1, 0.15) is 23.5 Å². The van der Waals surface area contributed by atoms with Crippen LogP contribution in [0, 0.1) is 11.1 Å². The van der Waals surface area contributed by atoms with E-state index < -0.39 is 22.0 Å². The summed E-state index contributed by atoms with van der Waals surface area (Å²) in [6.45, 7) is 0.148.